The third-order valence-corrected chi connectivity index (χ3v) is 3.72. The van der Waals surface area contributed by atoms with Crippen molar-refractivity contribution in [2.24, 2.45) is 0 Å². The van der Waals surface area contributed by atoms with Crippen LogP contribution >= 0.6 is 0 Å². The Kier molecular flexibility index (Phi) is 3.38. The van der Waals surface area contributed by atoms with Crippen LogP contribution in [0.4, 0.5) is 5.69 Å². The van der Waals surface area contributed by atoms with E-state index in [1.54, 1.807) is 0 Å². The first-order valence-electron chi connectivity index (χ1n) is 6.93. The molecule has 2 heteroatoms. The van der Waals surface area contributed by atoms with E-state index in [0.29, 0.717) is 0 Å². The average Bonchev–Trinajstić information content (AvgIpc) is 2.77. The number of benzene rings is 2. The summed E-state index contributed by atoms with van der Waals surface area (Å²) in [7, 11) is 0. The quantitative estimate of drug-likeness (QED) is 0.774. The summed E-state index contributed by atoms with van der Waals surface area (Å²) in [6, 6.07) is 18.3. The lowest BCUT2D eigenvalue weighted by Gasteiger charge is -2.17. The minimum absolute atomic E-state index is 0.115. The van der Waals surface area contributed by atoms with Crippen molar-refractivity contribution in [3.8, 4) is 0 Å². The van der Waals surface area contributed by atoms with Gasteiger partial charge in [0.25, 0.3) is 5.91 Å². The van der Waals surface area contributed by atoms with Crippen molar-refractivity contribution in [1.29, 1.82) is 0 Å². The summed E-state index contributed by atoms with van der Waals surface area (Å²) in [5.74, 6) is 0.115. The van der Waals surface area contributed by atoms with Crippen LogP contribution in [0.1, 0.15) is 18.1 Å². The Morgan fingerprint density at radius 3 is 2.45 bits per heavy atom. The van der Waals surface area contributed by atoms with Gasteiger partial charge in [0, 0.05) is 17.7 Å². The van der Waals surface area contributed by atoms with Crippen LogP contribution in [-0.4, -0.2) is 12.5 Å². The number of carbonyl (C=O) groups excluding carboxylic acids is 1. The molecule has 0 N–H and O–H groups in total. The zero-order chi connectivity index (χ0) is 13.9. The summed E-state index contributed by atoms with van der Waals surface area (Å²) in [5.41, 5.74) is 4.15. The molecule has 2 nitrogen and oxygen atoms in total. The maximum atomic E-state index is 12.5. The highest BCUT2D eigenvalue weighted by Crippen LogP contribution is 2.36. The van der Waals surface area contributed by atoms with Crippen LogP contribution in [0.25, 0.3) is 5.57 Å². The number of hydrogen-bond acceptors (Lipinski definition) is 1. The molecule has 0 saturated carbocycles. The molecule has 1 aliphatic rings. The Morgan fingerprint density at radius 1 is 1.00 bits per heavy atom. The molecule has 2 aromatic rings. The second-order valence-corrected chi connectivity index (χ2v) is 4.91. The number of para-hydroxylation sites is 1. The smallest absolute Gasteiger partial charge is 0.258 e. The lowest BCUT2D eigenvalue weighted by atomic mass is 10.1. The van der Waals surface area contributed by atoms with Crippen LogP contribution in [-0.2, 0) is 11.2 Å². The maximum absolute atomic E-state index is 12.5. The Bertz CT molecular complexity index is 658. The summed E-state index contributed by atoms with van der Waals surface area (Å²) >= 11 is 0. The predicted octanol–water partition coefficient (Wildman–Crippen LogP) is 3.68. The van der Waals surface area contributed by atoms with Crippen LogP contribution in [0.15, 0.2) is 60.7 Å². The number of carbonyl (C=O) groups is 1. The fourth-order valence-electron chi connectivity index (χ4n) is 2.69. The van der Waals surface area contributed by atoms with Gasteiger partial charge in [-0.15, -0.1) is 0 Å². The van der Waals surface area contributed by atoms with Crippen LogP contribution in [0.2, 0.25) is 0 Å². The van der Waals surface area contributed by atoms with Gasteiger partial charge in [0.15, 0.2) is 0 Å². The van der Waals surface area contributed by atoms with Gasteiger partial charge in [-0.2, -0.15) is 0 Å². The van der Waals surface area contributed by atoms with E-state index in [4.69, 9.17) is 0 Å². The molecule has 1 amide bonds. The molecule has 100 valence electrons. The molecule has 0 fully saturated rings. The number of amides is 1. The van der Waals surface area contributed by atoms with Crippen molar-refractivity contribution in [1.82, 2.24) is 0 Å². The molecule has 20 heavy (non-hydrogen) atoms. The molecule has 2 aromatic carbocycles. The second-order valence-electron chi connectivity index (χ2n) is 4.91. The largest absolute Gasteiger partial charge is 0.307 e. The van der Waals surface area contributed by atoms with Gasteiger partial charge >= 0.3 is 0 Å². The van der Waals surface area contributed by atoms with Gasteiger partial charge in [0.05, 0.1) is 5.69 Å². The van der Waals surface area contributed by atoms with Gasteiger partial charge in [-0.25, -0.2) is 0 Å². The van der Waals surface area contributed by atoms with Gasteiger partial charge in [-0.05, 0) is 25.0 Å². The molecular weight excluding hydrogens is 246 g/mol. The Hall–Kier alpha value is -2.35. The molecule has 1 heterocycles. The lowest BCUT2D eigenvalue weighted by Crippen LogP contribution is -2.28. The molecule has 0 aliphatic carbocycles. The minimum atomic E-state index is 0.115. The van der Waals surface area contributed by atoms with Crippen molar-refractivity contribution in [2.45, 2.75) is 13.3 Å². The number of fused-ring (bicyclic) bond motifs is 1. The van der Waals surface area contributed by atoms with Crippen molar-refractivity contribution < 1.29 is 4.79 Å². The molecule has 0 atom stereocenters. The predicted molar refractivity (Wildman–Crippen MR) is 82.6 cm³/mol. The first-order chi connectivity index (χ1) is 9.81. The van der Waals surface area contributed by atoms with Crippen molar-refractivity contribution in [2.75, 3.05) is 11.4 Å². The van der Waals surface area contributed by atoms with Crippen molar-refractivity contribution >= 4 is 17.2 Å². The number of nitrogens with zero attached hydrogens (tertiary/aromatic N) is 1. The van der Waals surface area contributed by atoms with E-state index in [-0.39, 0.29) is 5.91 Å². The fourth-order valence-corrected chi connectivity index (χ4v) is 2.69. The van der Waals surface area contributed by atoms with E-state index in [0.717, 1.165) is 29.8 Å². The first kappa shape index (κ1) is 12.7. The molecule has 0 spiro atoms. The van der Waals surface area contributed by atoms with E-state index in [9.17, 15) is 4.79 Å². The van der Waals surface area contributed by atoms with E-state index in [1.165, 1.54) is 5.56 Å². The highest BCUT2D eigenvalue weighted by Gasteiger charge is 2.30. The normalized spacial score (nSPS) is 15.8. The number of anilines is 1. The summed E-state index contributed by atoms with van der Waals surface area (Å²) in [6.45, 7) is 2.64. The summed E-state index contributed by atoms with van der Waals surface area (Å²) in [6.07, 6.45) is 2.78. The van der Waals surface area contributed by atoms with Crippen molar-refractivity contribution in [3.05, 3.63) is 71.8 Å². The highest BCUT2D eigenvalue weighted by atomic mass is 16.2. The molecule has 0 bridgehead atoms. The maximum Gasteiger partial charge on any atom is 0.258 e. The molecule has 0 saturated heterocycles. The highest BCUT2D eigenvalue weighted by molar-refractivity contribution is 6.32. The fraction of sp³-hybridized carbons (Fsp3) is 0.167. The zero-order valence-corrected chi connectivity index (χ0v) is 11.5. The van der Waals surface area contributed by atoms with Gasteiger partial charge < -0.3 is 4.90 Å². The van der Waals surface area contributed by atoms with E-state index in [1.807, 2.05) is 60.4 Å². The van der Waals surface area contributed by atoms with E-state index < -0.39 is 0 Å². The number of hydrogen-bond donors (Lipinski definition) is 0. The summed E-state index contributed by atoms with van der Waals surface area (Å²) in [4.78, 5) is 14.4. The second kappa shape index (κ2) is 5.33. The third-order valence-electron chi connectivity index (χ3n) is 3.72. The molecule has 1 aliphatic heterocycles. The van der Waals surface area contributed by atoms with Crippen LogP contribution in [0, 0.1) is 0 Å². The summed E-state index contributed by atoms with van der Waals surface area (Å²) in [5, 5.41) is 0. The minimum Gasteiger partial charge on any atom is -0.307 e. The standard InChI is InChI=1S/C18H17NO/c1-2-15-16-10-6-7-11-17(16)19(18(15)20)13-12-14-8-4-3-5-9-14/h2-11H,12-13H2,1H3. The Morgan fingerprint density at radius 2 is 1.70 bits per heavy atom. The molecular formula is C18H17NO. The topological polar surface area (TPSA) is 20.3 Å². The zero-order valence-electron chi connectivity index (χ0n) is 11.5. The third kappa shape index (κ3) is 2.14. The average molecular weight is 263 g/mol. The first-order valence-corrected chi connectivity index (χ1v) is 6.93. The lowest BCUT2D eigenvalue weighted by molar-refractivity contribution is -0.113. The van der Waals surface area contributed by atoms with Gasteiger partial charge in [-0.3, -0.25) is 4.79 Å². The summed E-state index contributed by atoms with van der Waals surface area (Å²) < 4.78 is 0. The Labute approximate surface area is 119 Å². The molecule has 0 radical (unpaired) electrons. The SMILES string of the molecule is CC=C1C(=O)N(CCc2ccccc2)c2ccccc21. The van der Waals surface area contributed by atoms with E-state index in [2.05, 4.69) is 12.1 Å². The van der Waals surface area contributed by atoms with Crippen LogP contribution in [0.5, 0.6) is 0 Å². The van der Waals surface area contributed by atoms with Crippen LogP contribution in [0.3, 0.4) is 0 Å². The number of allylic oxidation sites excluding steroid dienone is 1. The van der Waals surface area contributed by atoms with Crippen molar-refractivity contribution in [3.63, 3.8) is 0 Å². The monoisotopic (exact) mass is 263 g/mol. The molecule has 0 aromatic heterocycles. The molecule has 3 rings (SSSR count). The van der Waals surface area contributed by atoms with E-state index >= 15 is 0 Å². The number of rotatable bonds is 3. The van der Waals surface area contributed by atoms with Gasteiger partial charge in [0.1, 0.15) is 0 Å². The van der Waals surface area contributed by atoms with Crippen LogP contribution < -0.4 is 4.90 Å². The Balaban J connectivity index is 1.85. The van der Waals surface area contributed by atoms with Gasteiger partial charge in [0.2, 0.25) is 0 Å². The molecule has 0 unspecified atom stereocenters. The van der Waals surface area contributed by atoms with Gasteiger partial charge in [-0.1, -0.05) is 54.6 Å².